The summed E-state index contributed by atoms with van der Waals surface area (Å²) in [6.45, 7) is 4.60. The third-order valence-corrected chi connectivity index (χ3v) is 4.04. The van der Waals surface area contributed by atoms with E-state index < -0.39 is 0 Å². The summed E-state index contributed by atoms with van der Waals surface area (Å²) in [5.74, 6) is -0.0441. The summed E-state index contributed by atoms with van der Waals surface area (Å²) in [4.78, 5) is 25.4. The molecule has 0 heterocycles. The molecule has 142 valence electrons. The number of unbranched alkanes of at least 4 members (excludes halogenated alkanes) is 7. The van der Waals surface area contributed by atoms with Gasteiger partial charge in [-0.15, -0.1) is 0 Å². The van der Waals surface area contributed by atoms with Crippen molar-refractivity contribution in [2.45, 2.75) is 77.6 Å². The van der Waals surface area contributed by atoms with Gasteiger partial charge in [0, 0.05) is 25.9 Å². The van der Waals surface area contributed by atoms with E-state index in [4.69, 9.17) is 0 Å². The van der Waals surface area contributed by atoms with Gasteiger partial charge in [-0.1, -0.05) is 51.9 Å². The number of amides is 2. The van der Waals surface area contributed by atoms with Gasteiger partial charge >= 0.3 is 0 Å². The zero-order valence-electron chi connectivity index (χ0n) is 16.2. The number of hydrogen-bond donors (Lipinski definition) is 2. The van der Waals surface area contributed by atoms with Gasteiger partial charge in [0.1, 0.15) is 0 Å². The lowest BCUT2D eigenvalue weighted by atomic mass is 10.1. The predicted molar refractivity (Wildman–Crippen MR) is 101 cm³/mol. The normalized spacial score (nSPS) is 10.8. The maximum atomic E-state index is 11.7. The highest BCUT2D eigenvalue weighted by atomic mass is 16.2. The maximum absolute atomic E-state index is 11.7. The van der Waals surface area contributed by atoms with Crippen LogP contribution in [-0.2, 0) is 9.59 Å². The van der Waals surface area contributed by atoms with Crippen molar-refractivity contribution in [3.8, 4) is 0 Å². The highest BCUT2D eigenvalue weighted by molar-refractivity contribution is 5.83. The second kappa shape index (κ2) is 16.7. The minimum atomic E-state index is -0.0315. The monoisotopic (exact) mass is 341 g/mol. The van der Waals surface area contributed by atoms with Crippen LogP contribution >= 0.6 is 0 Å². The zero-order valence-corrected chi connectivity index (χ0v) is 16.2. The molecule has 2 amide bonds. The molecule has 5 nitrogen and oxygen atoms in total. The minimum absolute atomic E-state index is 0.0126. The Morgan fingerprint density at radius 1 is 0.708 bits per heavy atom. The number of nitrogens with zero attached hydrogens (tertiary/aromatic N) is 1. The molecule has 0 saturated carbocycles. The molecule has 0 aliphatic rings. The van der Waals surface area contributed by atoms with Gasteiger partial charge in [0.25, 0.3) is 0 Å². The summed E-state index contributed by atoms with van der Waals surface area (Å²) in [6.07, 6.45) is 11.6. The van der Waals surface area contributed by atoms with Crippen molar-refractivity contribution in [2.24, 2.45) is 0 Å². The Bertz CT molecular complexity index is 320. The van der Waals surface area contributed by atoms with Crippen molar-refractivity contribution >= 4 is 11.8 Å². The van der Waals surface area contributed by atoms with Crippen LogP contribution in [0.5, 0.6) is 0 Å². The third-order valence-electron chi connectivity index (χ3n) is 4.04. The molecule has 0 aromatic heterocycles. The van der Waals surface area contributed by atoms with Gasteiger partial charge < -0.3 is 15.5 Å². The van der Waals surface area contributed by atoms with Crippen LogP contribution in [0.3, 0.4) is 0 Å². The fraction of sp³-hybridized carbons (Fsp3) is 0.895. The van der Waals surface area contributed by atoms with Gasteiger partial charge in [0.15, 0.2) is 0 Å². The molecule has 0 saturated heterocycles. The van der Waals surface area contributed by atoms with E-state index >= 15 is 0 Å². The molecule has 0 aromatic rings. The highest BCUT2D eigenvalue weighted by Gasteiger charge is 2.06. The lowest BCUT2D eigenvalue weighted by Crippen LogP contribution is -2.29. The standard InChI is InChI=1S/C19H39N3O2/c1-4-5-6-7-8-9-10-11-15-20-18(23)13-14-19(24)21-16-12-17-22(2)3/h4-17H2,1-3H3,(H,20,23)(H,21,24). The van der Waals surface area contributed by atoms with Gasteiger partial charge in [-0.25, -0.2) is 0 Å². The Morgan fingerprint density at radius 3 is 1.67 bits per heavy atom. The molecular weight excluding hydrogens is 302 g/mol. The van der Waals surface area contributed by atoms with Crippen molar-refractivity contribution < 1.29 is 9.59 Å². The van der Waals surface area contributed by atoms with Crippen molar-refractivity contribution in [1.82, 2.24) is 15.5 Å². The first-order chi connectivity index (χ1) is 11.6. The van der Waals surface area contributed by atoms with Crippen molar-refractivity contribution in [2.75, 3.05) is 33.7 Å². The summed E-state index contributed by atoms with van der Waals surface area (Å²) in [6, 6.07) is 0. The van der Waals surface area contributed by atoms with Gasteiger partial charge in [0.05, 0.1) is 0 Å². The fourth-order valence-electron chi connectivity index (χ4n) is 2.51. The topological polar surface area (TPSA) is 61.4 Å². The van der Waals surface area contributed by atoms with E-state index in [9.17, 15) is 9.59 Å². The Hall–Kier alpha value is -1.10. The van der Waals surface area contributed by atoms with Crippen LogP contribution in [0.4, 0.5) is 0 Å². The predicted octanol–water partition coefficient (Wildman–Crippen LogP) is 3.09. The fourth-order valence-corrected chi connectivity index (χ4v) is 2.51. The Morgan fingerprint density at radius 2 is 1.17 bits per heavy atom. The van der Waals surface area contributed by atoms with Crippen molar-refractivity contribution in [1.29, 1.82) is 0 Å². The second-order valence-electron chi connectivity index (χ2n) is 6.83. The SMILES string of the molecule is CCCCCCCCCCNC(=O)CCC(=O)NCCCN(C)C. The van der Waals surface area contributed by atoms with Crippen molar-refractivity contribution in [3.63, 3.8) is 0 Å². The molecule has 5 heteroatoms. The molecule has 0 aliphatic carbocycles. The Kier molecular flexibility index (Phi) is 16.0. The van der Waals surface area contributed by atoms with E-state index in [1.54, 1.807) is 0 Å². The first-order valence-corrected chi connectivity index (χ1v) is 9.74. The van der Waals surface area contributed by atoms with Gasteiger partial charge in [-0.2, -0.15) is 0 Å². The van der Waals surface area contributed by atoms with Crippen LogP contribution in [-0.4, -0.2) is 50.4 Å². The summed E-state index contributed by atoms with van der Waals surface area (Å²) in [5, 5.41) is 5.76. The van der Waals surface area contributed by atoms with Gasteiger partial charge in [0.2, 0.25) is 11.8 Å². The molecule has 0 unspecified atom stereocenters. The summed E-state index contributed by atoms with van der Waals surface area (Å²) < 4.78 is 0. The second-order valence-corrected chi connectivity index (χ2v) is 6.83. The number of rotatable bonds is 16. The first kappa shape index (κ1) is 22.9. The van der Waals surface area contributed by atoms with Crippen LogP contribution in [0.2, 0.25) is 0 Å². The molecule has 0 radical (unpaired) electrons. The smallest absolute Gasteiger partial charge is 0.220 e. The molecule has 2 N–H and O–H groups in total. The molecule has 0 atom stereocenters. The Balaban J connectivity index is 3.35. The summed E-state index contributed by atoms with van der Waals surface area (Å²) in [5.41, 5.74) is 0. The number of nitrogens with one attached hydrogen (secondary N) is 2. The number of hydrogen-bond acceptors (Lipinski definition) is 3. The van der Waals surface area contributed by atoms with E-state index in [1.165, 1.54) is 44.9 Å². The van der Waals surface area contributed by atoms with Crippen LogP contribution < -0.4 is 10.6 Å². The molecule has 0 aromatic carbocycles. The third kappa shape index (κ3) is 17.3. The van der Waals surface area contributed by atoms with Crippen LogP contribution in [0.15, 0.2) is 0 Å². The summed E-state index contributed by atoms with van der Waals surface area (Å²) >= 11 is 0. The first-order valence-electron chi connectivity index (χ1n) is 9.74. The Labute approximate surface area is 148 Å². The molecule has 0 aliphatic heterocycles. The van der Waals surface area contributed by atoms with Crippen LogP contribution in [0.25, 0.3) is 0 Å². The zero-order chi connectivity index (χ0) is 18.0. The van der Waals surface area contributed by atoms with E-state index in [0.29, 0.717) is 6.54 Å². The quantitative estimate of drug-likeness (QED) is 0.424. The molecule has 0 fully saturated rings. The van der Waals surface area contributed by atoms with E-state index in [0.717, 1.165) is 25.9 Å². The molecule has 0 rings (SSSR count). The highest BCUT2D eigenvalue weighted by Crippen LogP contribution is 2.07. The van der Waals surface area contributed by atoms with Gasteiger partial charge in [-0.05, 0) is 33.5 Å². The largest absolute Gasteiger partial charge is 0.356 e. The molecule has 0 bridgehead atoms. The van der Waals surface area contributed by atoms with Gasteiger partial charge in [-0.3, -0.25) is 9.59 Å². The average Bonchev–Trinajstić information content (AvgIpc) is 2.55. The summed E-state index contributed by atoms with van der Waals surface area (Å²) in [7, 11) is 4.03. The lowest BCUT2D eigenvalue weighted by molar-refractivity contribution is -0.126. The molecular formula is C19H39N3O2. The van der Waals surface area contributed by atoms with Crippen LogP contribution in [0, 0.1) is 0 Å². The van der Waals surface area contributed by atoms with E-state index in [2.05, 4.69) is 22.5 Å². The average molecular weight is 342 g/mol. The number of carbonyl (C=O) groups is 2. The van der Waals surface area contributed by atoms with Crippen LogP contribution in [0.1, 0.15) is 77.6 Å². The minimum Gasteiger partial charge on any atom is -0.356 e. The van der Waals surface area contributed by atoms with E-state index in [1.807, 2.05) is 14.1 Å². The van der Waals surface area contributed by atoms with E-state index in [-0.39, 0.29) is 24.7 Å². The maximum Gasteiger partial charge on any atom is 0.220 e. The number of carbonyl (C=O) groups excluding carboxylic acids is 2. The van der Waals surface area contributed by atoms with Crippen molar-refractivity contribution in [3.05, 3.63) is 0 Å². The molecule has 0 spiro atoms. The molecule has 24 heavy (non-hydrogen) atoms. The lowest BCUT2D eigenvalue weighted by Gasteiger charge is -2.10.